The number of hydrogen-bond donors (Lipinski definition) is 2. The standard InChI is InChI=1S/C31H28BN2O2/c1-3-20-4-8-22(9-5-20)30(35)33-26-12-14-28-24(17-26)16-25-18-27(13-15-29(25)28)34-31(36)23-10-6-21(7-11-23)19-32-2/h4-15,17-18H,3,16,19H2,1-2H3,(H,33,35)(H,34,36). The molecule has 0 saturated heterocycles. The number of rotatable bonds is 7. The van der Waals surface area contributed by atoms with E-state index in [2.05, 4.69) is 37.0 Å². The molecule has 0 heterocycles. The van der Waals surface area contributed by atoms with Gasteiger partial charge in [0.05, 0.1) is 0 Å². The molecule has 0 unspecified atom stereocenters. The number of anilines is 2. The van der Waals surface area contributed by atoms with Crippen LogP contribution in [0.5, 0.6) is 0 Å². The summed E-state index contributed by atoms with van der Waals surface area (Å²) in [7, 11) is 2.10. The van der Waals surface area contributed by atoms with Crippen LogP contribution < -0.4 is 10.6 Å². The van der Waals surface area contributed by atoms with Gasteiger partial charge in [-0.3, -0.25) is 9.59 Å². The van der Waals surface area contributed by atoms with Crippen molar-refractivity contribution in [3.63, 3.8) is 0 Å². The van der Waals surface area contributed by atoms with Crippen molar-refractivity contribution in [2.45, 2.75) is 32.9 Å². The van der Waals surface area contributed by atoms with Gasteiger partial charge in [-0.15, -0.1) is 0 Å². The van der Waals surface area contributed by atoms with E-state index < -0.39 is 0 Å². The quantitative estimate of drug-likeness (QED) is 0.264. The van der Waals surface area contributed by atoms with Crippen LogP contribution in [0.15, 0.2) is 84.9 Å². The van der Waals surface area contributed by atoms with E-state index in [9.17, 15) is 9.59 Å². The van der Waals surface area contributed by atoms with Crippen LogP contribution in [0.4, 0.5) is 11.4 Å². The number of benzene rings is 4. The van der Waals surface area contributed by atoms with Crippen LogP contribution in [0.3, 0.4) is 0 Å². The molecule has 1 aliphatic rings. The molecule has 4 aromatic rings. The van der Waals surface area contributed by atoms with E-state index in [0.717, 1.165) is 52.8 Å². The second-order valence-corrected chi connectivity index (χ2v) is 9.19. The Morgan fingerprint density at radius 1 is 0.694 bits per heavy atom. The molecule has 0 aliphatic heterocycles. The number of carbonyl (C=O) groups excluding carboxylic acids is 2. The number of nitrogens with one attached hydrogen (secondary N) is 2. The van der Waals surface area contributed by atoms with Crippen LogP contribution in [0.1, 0.15) is 49.9 Å². The Bertz CT molecular complexity index is 1430. The van der Waals surface area contributed by atoms with Gasteiger partial charge in [0.2, 0.25) is 0 Å². The number of aryl methyl sites for hydroxylation is 1. The third-order valence-electron chi connectivity index (χ3n) is 6.68. The average Bonchev–Trinajstić information content (AvgIpc) is 3.26. The first-order valence-electron chi connectivity index (χ1n) is 12.4. The molecule has 0 fully saturated rings. The normalized spacial score (nSPS) is 11.4. The van der Waals surface area contributed by atoms with Crippen molar-refractivity contribution in [2.75, 3.05) is 10.6 Å². The van der Waals surface area contributed by atoms with Gasteiger partial charge in [0.1, 0.15) is 7.28 Å². The van der Waals surface area contributed by atoms with Gasteiger partial charge in [-0.25, -0.2) is 0 Å². The third-order valence-corrected chi connectivity index (χ3v) is 6.68. The zero-order chi connectivity index (χ0) is 25.1. The molecule has 0 saturated carbocycles. The summed E-state index contributed by atoms with van der Waals surface area (Å²) in [5, 5.41) is 6.05. The number of amides is 2. The summed E-state index contributed by atoms with van der Waals surface area (Å²) in [5.74, 6) is -0.228. The molecule has 0 aromatic heterocycles. The third kappa shape index (κ3) is 4.96. The van der Waals surface area contributed by atoms with Gasteiger partial charge in [-0.1, -0.05) is 62.0 Å². The second-order valence-electron chi connectivity index (χ2n) is 9.19. The van der Waals surface area contributed by atoms with Crippen molar-refractivity contribution in [1.82, 2.24) is 0 Å². The molecule has 0 spiro atoms. The van der Waals surface area contributed by atoms with E-state index in [0.29, 0.717) is 11.1 Å². The molecule has 1 aliphatic carbocycles. The molecule has 5 heteroatoms. The summed E-state index contributed by atoms with van der Waals surface area (Å²) >= 11 is 0. The maximum Gasteiger partial charge on any atom is 0.255 e. The minimum absolute atomic E-state index is 0.112. The summed E-state index contributed by atoms with van der Waals surface area (Å²) in [5.41, 5.74) is 9.90. The van der Waals surface area contributed by atoms with Gasteiger partial charge in [0.15, 0.2) is 0 Å². The van der Waals surface area contributed by atoms with Crippen molar-refractivity contribution in [2.24, 2.45) is 0 Å². The maximum absolute atomic E-state index is 12.7. The van der Waals surface area contributed by atoms with Crippen LogP contribution in [-0.2, 0) is 19.2 Å². The molecule has 2 N–H and O–H groups in total. The lowest BCUT2D eigenvalue weighted by molar-refractivity contribution is 0.101. The summed E-state index contributed by atoms with van der Waals surface area (Å²) in [6.07, 6.45) is 2.60. The minimum atomic E-state index is -0.116. The lowest BCUT2D eigenvalue weighted by Crippen LogP contribution is -2.12. The lowest BCUT2D eigenvalue weighted by atomic mass is 9.75. The fourth-order valence-corrected chi connectivity index (χ4v) is 4.69. The van der Waals surface area contributed by atoms with E-state index in [1.165, 1.54) is 11.1 Å². The molecule has 2 amide bonds. The smallest absolute Gasteiger partial charge is 0.255 e. The number of fused-ring (bicyclic) bond motifs is 3. The highest BCUT2D eigenvalue weighted by Gasteiger charge is 2.20. The Morgan fingerprint density at radius 2 is 1.17 bits per heavy atom. The minimum Gasteiger partial charge on any atom is -0.322 e. The molecule has 0 bridgehead atoms. The Morgan fingerprint density at radius 3 is 1.61 bits per heavy atom. The van der Waals surface area contributed by atoms with E-state index >= 15 is 0 Å². The first kappa shape index (κ1) is 23.6. The van der Waals surface area contributed by atoms with Crippen LogP contribution >= 0.6 is 0 Å². The highest BCUT2D eigenvalue weighted by molar-refractivity contribution is 6.32. The van der Waals surface area contributed by atoms with Gasteiger partial charge in [-0.2, -0.15) is 0 Å². The fourth-order valence-electron chi connectivity index (χ4n) is 4.69. The van der Waals surface area contributed by atoms with Gasteiger partial charge in [-0.05, 0) is 89.2 Å². The van der Waals surface area contributed by atoms with E-state index in [-0.39, 0.29) is 11.8 Å². The highest BCUT2D eigenvalue weighted by atomic mass is 16.2. The molecule has 4 nitrogen and oxygen atoms in total. The highest BCUT2D eigenvalue weighted by Crippen LogP contribution is 2.39. The Kier molecular flexibility index (Phi) is 6.72. The summed E-state index contributed by atoms with van der Waals surface area (Å²) in [6, 6.07) is 27.5. The van der Waals surface area contributed by atoms with Gasteiger partial charge in [0, 0.05) is 22.5 Å². The summed E-state index contributed by atoms with van der Waals surface area (Å²) in [4.78, 5) is 25.4. The molecular formula is C31H28BN2O2. The Balaban J connectivity index is 1.27. The average molecular weight is 471 g/mol. The number of hydrogen-bond acceptors (Lipinski definition) is 2. The van der Waals surface area contributed by atoms with Crippen molar-refractivity contribution >= 4 is 30.5 Å². The van der Waals surface area contributed by atoms with E-state index in [4.69, 9.17) is 0 Å². The van der Waals surface area contributed by atoms with Crippen molar-refractivity contribution in [3.05, 3.63) is 118 Å². The zero-order valence-corrected chi connectivity index (χ0v) is 20.6. The van der Waals surface area contributed by atoms with Gasteiger partial charge < -0.3 is 10.6 Å². The van der Waals surface area contributed by atoms with Crippen LogP contribution in [-0.4, -0.2) is 19.1 Å². The molecule has 177 valence electrons. The first-order chi connectivity index (χ1) is 17.5. The van der Waals surface area contributed by atoms with Crippen LogP contribution in [0.2, 0.25) is 6.82 Å². The molecule has 0 atom stereocenters. The van der Waals surface area contributed by atoms with Crippen molar-refractivity contribution < 1.29 is 9.59 Å². The molecule has 5 rings (SSSR count). The summed E-state index contributed by atoms with van der Waals surface area (Å²) in [6.45, 7) is 4.12. The molecular weight excluding hydrogens is 443 g/mol. The van der Waals surface area contributed by atoms with Crippen molar-refractivity contribution in [1.29, 1.82) is 0 Å². The Hall–Kier alpha value is -4.12. The molecule has 36 heavy (non-hydrogen) atoms. The van der Waals surface area contributed by atoms with E-state index in [1.54, 1.807) is 0 Å². The predicted octanol–water partition coefficient (Wildman–Crippen LogP) is 6.58. The Labute approximate surface area is 213 Å². The molecule has 1 radical (unpaired) electrons. The van der Waals surface area contributed by atoms with Crippen LogP contribution in [0.25, 0.3) is 11.1 Å². The zero-order valence-electron chi connectivity index (χ0n) is 20.6. The summed E-state index contributed by atoms with van der Waals surface area (Å²) < 4.78 is 0. The van der Waals surface area contributed by atoms with Gasteiger partial charge in [0.25, 0.3) is 11.8 Å². The molecule has 4 aromatic carbocycles. The number of carbonyl (C=O) groups is 2. The largest absolute Gasteiger partial charge is 0.322 e. The second kappa shape index (κ2) is 10.2. The monoisotopic (exact) mass is 471 g/mol. The van der Waals surface area contributed by atoms with Gasteiger partial charge >= 0.3 is 0 Å². The fraction of sp³-hybridized carbons (Fsp3) is 0.161. The predicted molar refractivity (Wildman–Crippen MR) is 148 cm³/mol. The SMILES string of the molecule is C[B]Cc1ccc(C(=O)Nc2ccc3c(c2)Cc2cc(NC(=O)c4ccc(CC)cc4)ccc2-3)cc1. The van der Waals surface area contributed by atoms with Crippen molar-refractivity contribution in [3.8, 4) is 11.1 Å². The van der Waals surface area contributed by atoms with E-state index in [1.807, 2.05) is 79.6 Å². The first-order valence-corrected chi connectivity index (χ1v) is 12.4. The topological polar surface area (TPSA) is 58.2 Å². The lowest BCUT2D eigenvalue weighted by Gasteiger charge is -2.09. The van der Waals surface area contributed by atoms with Crippen LogP contribution in [0, 0.1) is 0 Å². The maximum atomic E-state index is 12.7.